The summed E-state index contributed by atoms with van der Waals surface area (Å²) >= 11 is 0. The second kappa shape index (κ2) is 6.86. The van der Waals surface area contributed by atoms with Gasteiger partial charge in [0.05, 0.1) is 6.61 Å². The molecule has 3 aromatic rings. The zero-order valence-corrected chi connectivity index (χ0v) is 13.1. The predicted molar refractivity (Wildman–Crippen MR) is 91.9 cm³/mol. The summed E-state index contributed by atoms with van der Waals surface area (Å²) in [4.78, 5) is 0. The number of hydrogen-bond donors (Lipinski definition) is 1. The van der Waals surface area contributed by atoms with Gasteiger partial charge in [-0.3, -0.25) is 4.21 Å². The van der Waals surface area contributed by atoms with Crippen LogP contribution in [0.3, 0.4) is 0 Å². The van der Waals surface area contributed by atoms with Crippen LogP contribution in [0.4, 0.5) is 0 Å². The van der Waals surface area contributed by atoms with E-state index in [-0.39, 0.29) is 6.61 Å². The van der Waals surface area contributed by atoms with E-state index in [0.29, 0.717) is 11.5 Å². The second-order valence-corrected chi connectivity index (χ2v) is 6.80. The molecule has 0 aliphatic carbocycles. The molecule has 0 bridgehead atoms. The summed E-state index contributed by atoms with van der Waals surface area (Å²) in [5.41, 5.74) is 3.04. The van der Waals surface area contributed by atoms with Crippen LogP contribution in [0.15, 0.2) is 66.7 Å². The minimum atomic E-state index is -0.949. The summed E-state index contributed by atoms with van der Waals surface area (Å²) < 4.78 is 12.4. The molecule has 0 saturated heterocycles. The van der Waals surface area contributed by atoms with Crippen molar-refractivity contribution < 1.29 is 9.32 Å². The van der Waals surface area contributed by atoms with Gasteiger partial charge in [0, 0.05) is 22.3 Å². The van der Waals surface area contributed by atoms with Crippen LogP contribution in [0.1, 0.15) is 16.7 Å². The molecular formula is C19H18O2S. The fourth-order valence-electron chi connectivity index (χ4n) is 2.57. The van der Waals surface area contributed by atoms with Crippen molar-refractivity contribution in [1.29, 1.82) is 0 Å². The summed E-state index contributed by atoms with van der Waals surface area (Å²) in [6, 6.07) is 22.0. The fraction of sp³-hybridized carbons (Fsp3) is 0.158. The maximum atomic E-state index is 12.4. The molecule has 0 radical (unpaired) electrons. The van der Waals surface area contributed by atoms with Crippen LogP contribution in [0.5, 0.6) is 0 Å². The van der Waals surface area contributed by atoms with E-state index >= 15 is 0 Å². The van der Waals surface area contributed by atoms with Gasteiger partial charge in [-0.05, 0) is 27.5 Å². The highest BCUT2D eigenvalue weighted by Crippen LogP contribution is 2.20. The van der Waals surface area contributed by atoms with Crippen LogP contribution in [-0.4, -0.2) is 9.32 Å². The van der Waals surface area contributed by atoms with E-state index in [9.17, 15) is 4.21 Å². The first kappa shape index (κ1) is 14.9. The predicted octanol–water partition coefficient (Wildman–Crippen LogP) is 3.78. The first-order valence-corrected chi connectivity index (χ1v) is 8.75. The van der Waals surface area contributed by atoms with Gasteiger partial charge >= 0.3 is 0 Å². The van der Waals surface area contributed by atoms with Crippen molar-refractivity contribution in [1.82, 2.24) is 0 Å². The monoisotopic (exact) mass is 310 g/mol. The number of aliphatic hydroxyl groups excluding tert-OH is 1. The second-order valence-electron chi connectivity index (χ2n) is 5.34. The molecule has 1 atom stereocenters. The first-order chi connectivity index (χ1) is 10.8. The Morgan fingerprint density at radius 1 is 0.773 bits per heavy atom. The van der Waals surface area contributed by atoms with E-state index in [1.54, 1.807) is 0 Å². The third-order valence-electron chi connectivity index (χ3n) is 3.73. The standard InChI is InChI=1S/C19H18O2S/c20-12-15-8-10-16(11-9-15)13-22(21)14-18-6-3-5-17-4-1-2-7-19(17)18/h1-11,20H,12-14H2. The molecule has 22 heavy (non-hydrogen) atoms. The largest absolute Gasteiger partial charge is 0.392 e. The molecule has 2 nitrogen and oxygen atoms in total. The molecule has 0 aliphatic heterocycles. The molecule has 3 rings (SSSR count). The lowest BCUT2D eigenvalue weighted by Crippen LogP contribution is -2.00. The molecule has 112 valence electrons. The van der Waals surface area contributed by atoms with Crippen LogP contribution in [0, 0.1) is 0 Å². The van der Waals surface area contributed by atoms with Crippen LogP contribution in [0.25, 0.3) is 10.8 Å². The number of benzene rings is 3. The van der Waals surface area contributed by atoms with E-state index < -0.39 is 10.8 Å². The van der Waals surface area contributed by atoms with E-state index in [4.69, 9.17) is 5.11 Å². The van der Waals surface area contributed by atoms with Gasteiger partial charge in [0.1, 0.15) is 0 Å². The van der Waals surface area contributed by atoms with Crippen LogP contribution < -0.4 is 0 Å². The van der Waals surface area contributed by atoms with E-state index in [1.165, 1.54) is 10.8 Å². The number of aliphatic hydroxyl groups is 1. The van der Waals surface area contributed by atoms with Gasteiger partial charge < -0.3 is 5.11 Å². The third kappa shape index (κ3) is 3.43. The van der Waals surface area contributed by atoms with Gasteiger partial charge in [-0.2, -0.15) is 0 Å². The van der Waals surface area contributed by atoms with E-state index in [0.717, 1.165) is 16.7 Å². The molecule has 0 amide bonds. The van der Waals surface area contributed by atoms with Gasteiger partial charge in [0.15, 0.2) is 0 Å². The Bertz CT molecular complexity index is 789. The molecule has 0 aliphatic rings. The fourth-order valence-corrected chi connectivity index (χ4v) is 3.83. The van der Waals surface area contributed by atoms with E-state index in [1.807, 2.05) is 42.5 Å². The van der Waals surface area contributed by atoms with Crippen molar-refractivity contribution in [3.05, 3.63) is 83.4 Å². The average Bonchev–Trinajstić information content (AvgIpc) is 2.56. The van der Waals surface area contributed by atoms with Gasteiger partial charge in [0.2, 0.25) is 0 Å². The molecule has 1 N–H and O–H groups in total. The molecule has 0 aromatic heterocycles. The Labute approximate surface area is 132 Å². The Hall–Kier alpha value is -1.97. The van der Waals surface area contributed by atoms with Gasteiger partial charge in [0.25, 0.3) is 0 Å². The Morgan fingerprint density at radius 3 is 2.23 bits per heavy atom. The number of fused-ring (bicyclic) bond motifs is 1. The van der Waals surface area contributed by atoms with Crippen molar-refractivity contribution in [3.63, 3.8) is 0 Å². The topological polar surface area (TPSA) is 37.3 Å². The normalized spacial score (nSPS) is 12.4. The highest BCUT2D eigenvalue weighted by Gasteiger charge is 2.07. The average molecular weight is 310 g/mol. The molecule has 3 aromatic carbocycles. The third-order valence-corrected chi connectivity index (χ3v) is 5.02. The Morgan fingerprint density at radius 2 is 1.45 bits per heavy atom. The van der Waals surface area contributed by atoms with Crippen molar-refractivity contribution in [3.8, 4) is 0 Å². The molecule has 3 heteroatoms. The van der Waals surface area contributed by atoms with Gasteiger partial charge in [-0.15, -0.1) is 0 Å². The highest BCUT2D eigenvalue weighted by atomic mass is 32.2. The van der Waals surface area contributed by atoms with Gasteiger partial charge in [-0.25, -0.2) is 0 Å². The minimum Gasteiger partial charge on any atom is -0.392 e. The molecular weight excluding hydrogens is 292 g/mol. The van der Waals surface area contributed by atoms with E-state index in [2.05, 4.69) is 24.3 Å². The lowest BCUT2D eigenvalue weighted by molar-refractivity contribution is 0.282. The van der Waals surface area contributed by atoms with Crippen molar-refractivity contribution in [2.75, 3.05) is 0 Å². The highest BCUT2D eigenvalue weighted by molar-refractivity contribution is 7.83. The minimum absolute atomic E-state index is 0.0410. The molecule has 0 saturated carbocycles. The Balaban J connectivity index is 1.75. The van der Waals surface area contributed by atoms with Crippen LogP contribution >= 0.6 is 0 Å². The number of rotatable bonds is 5. The smallest absolute Gasteiger partial charge is 0.0681 e. The lowest BCUT2D eigenvalue weighted by Gasteiger charge is -2.07. The molecule has 1 unspecified atom stereocenters. The van der Waals surface area contributed by atoms with Crippen molar-refractivity contribution >= 4 is 21.6 Å². The van der Waals surface area contributed by atoms with Gasteiger partial charge in [-0.1, -0.05) is 66.7 Å². The maximum Gasteiger partial charge on any atom is 0.0681 e. The summed E-state index contributed by atoms with van der Waals surface area (Å²) in [7, 11) is -0.949. The van der Waals surface area contributed by atoms with Crippen molar-refractivity contribution in [2.45, 2.75) is 18.1 Å². The molecule has 0 spiro atoms. The van der Waals surface area contributed by atoms with Crippen LogP contribution in [0.2, 0.25) is 0 Å². The zero-order chi connectivity index (χ0) is 15.4. The zero-order valence-electron chi connectivity index (χ0n) is 12.2. The molecule has 0 heterocycles. The Kier molecular flexibility index (Phi) is 4.66. The van der Waals surface area contributed by atoms with Crippen molar-refractivity contribution in [2.24, 2.45) is 0 Å². The summed E-state index contributed by atoms with van der Waals surface area (Å²) in [6.45, 7) is 0.0410. The lowest BCUT2D eigenvalue weighted by atomic mass is 10.1. The first-order valence-electron chi connectivity index (χ1n) is 7.26. The quantitative estimate of drug-likeness (QED) is 0.778. The summed E-state index contributed by atoms with van der Waals surface area (Å²) in [6.07, 6.45) is 0. The maximum absolute atomic E-state index is 12.4. The molecule has 0 fully saturated rings. The summed E-state index contributed by atoms with van der Waals surface area (Å²) in [5.74, 6) is 1.10. The summed E-state index contributed by atoms with van der Waals surface area (Å²) in [5, 5.41) is 11.4. The number of hydrogen-bond acceptors (Lipinski definition) is 2. The SMILES string of the molecule is O=S(Cc1ccc(CO)cc1)Cc1cccc2ccccc12. The van der Waals surface area contributed by atoms with Crippen LogP contribution in [-0.2, 0) is 28.9 Å².